The minimum Gasteiger partial charge on any atom is -0.512 e. The Kier molecular flexibility index (Phi) is 5.35. The maximum absolute atomic E-state index is 12.7. The SMILES string of the molecule is COC(=O)/C(C1=NC(=NC(=O)c2ccccc2OC)c2ccccc21)=C(\C)O. The number of esters is 1. The van der Waals surface area contributed by atoms with E-state index in [2.05, 4.69) is 9.98 Å². The number of methoxy groups -OCH3 is 2. The molecule has 0 aromatic heterocycles. The number of nitrogens with zero attached hydrogens (tertiary/aromatic N) is 2. The Hall–Kier alpha value is -3.74. The number of hydrogen-bond acceptors (Lipinski definition) is 5. The van der Waals surface area contributed by atoms with Gasteiger partial charge in [0, 0.05) is 11.1 Å². The van der Waals surface area contributed by atoms with Gasteiger partial charge >= 0.3 is 5.97 Å². The van der Waals surface area contributed by atoms with Crippen LogP contribution in [0, 0.1) is 0 Å². The number of allylic oxidation sites excluding steroid dienone is 1. The molecular formula is C21H18N2O5. The molecule has 1 N–H and O–H groups in total. The van der Waals surface area contributed by atoms with Gasteiger partial charge in [-0.3, -0.25) is 4.79 Å². The minimum absolute atomic E-state index is 0.0788. The lowest BCUT2D eigenvalue weighted by molar-refractivity contribution is -0.135. The standard InChI is InChI=1S/C21H18N2O5/c1-12(24)17(21(26)28-3)18-13-8-4-5-9-14(13)19(22-18)23-20(25)15-10-6-7-11-16(15)27-2/h4-11,24H,1-3H3/b17-12+,23-19?. The Bertz CT molecular complexity index is 1050. The van der Waals surface area contributed by atoms with Crippen molar-refractivity contribution < 1.29 is 24.2 Å². The molecule has 0 unspecified atom stereocenters. The van der Waals surface area contributed by atoms with Gasteiger partial charge in [0.15, 0.2) is 5.84 Å². The molecule has 7 nitrogen and oxygen atoms in total. The van der Waals surface area contributed by atoms with E-state index in [1.54, 1.807) is 48.5 Å². The summed E-state index contributed by atoms with van der Waals surface area (Å²) in [6.07, 6.45) is 0. The van der Waals surface area contributed by atoms with Gasteiger partial charge in [0.25, 0.3) is 5.91 Å². The topological polar surface area (TPSA) is 97.6 Å². The molecule has 0 saturated heterocycles. The zero-order chi connectivity index (χ0) is 20.3. The van der Waals surface area contributed by atoms with Crippen LogP contribution < -0.4 is 4.74 Å². The largest absolute Gasteiger partial charge is 0.512 e. The lowest BCUT2D eigenvalue weighted by Crippen LogP contribution is -2.16. The fraction of sp³-hybridized carbons (Fsp3) is 0.143. The van der Waals surface area contributed by atoms with Gasteiger partial charge in [-0.2, -0.15) is 4.99 Å². The highest BCUT2D eigenvalue weighted by Crippen LogP contribution is 2.26. The Balaban J connectivity index is 2.13. The van der Waals surface area contributed by atoms with Crippen LogP contribution in [0.4, 0.5) is 0 Å². The molecule has 1 aliphatic rings. The highest BCUT2D eigenvalue weighted by Gasteiger charge is 2.30. The van der Waals surface area contributed by atoms with Crippen molar-refractivity contribution in [2.45, 2.75) is 6.92 Å². The second-order valence-electron chi connectivity index (χ2n) is 5.90. The average Bonchev–Trinajstić information content (AvgIpc) is 3.05. The number of aliphatic hydroxyl groups excluding tert-OH is 1. The monoisotopic (exact) mass is 378 g/mol. The van der Waals surface area contributed by atoms with Crippen molar-refractivity contribution in [3.63, 3.8) is 0 Å². The summed E-state index contributed by atoms with van der Waals surface area (Å²) in [5, 5.41) is 9.99. The molecule has 0 atom stereocenters. The summed E-state index contributed by atoms with van der Waals surface area (Å²) in [4.78, 5) is 33.3. The van der Waals surface area contributed by atoms with Gasteiger partial charge in [-0.05, 0) is 19.1 Å². The number of hydrogen-bond donors (Lipinski definition) is 1. The normalized spacial score (nSPS) is 14.8. The van der Waals surface area contributed by atoms with Crippen LogP contribution in [0.15, 0.2) is 69.8 Å². The van der Waals surface area contributed by atoms with Crippen LogP contribution in [-0.2, 0) is 9.53 Å². The van der Waals surface area contributed by atoms with Crippen molar-refractivity contribution in [1.29, 1.82) is 0 Å². The summed E-state index contributed by atoms with van der Waals surface area (Å²) < 4.78 is 9.97. The summed E-state index contributed by atoms with van der Waals surface area (Å²) >= 11 is 0. The molecule has 142 valence electrons. The Morgan fingerprint density at radius 3 is 2.29 bits per heavy atom. The van der Waals surface area contributed by atoms with E-state index in [9.17, 15) is 14.7 Å². The number of para-hydroxylation sites is 1. The maximum atomic E-state index is 12.7. The third kappa shape index (κ3) is 3.42. The zero-order valence-electron chi connectivity index (χ0n) is 15.6. The van der Waals surface area contributed by atoms with Crippen LogP contribution in [0.2, 0.25) is 0 Å². The molecule has 0 fully saturated rings. The van der Waals surface area contributed by atoms with Crippen LogP contribution in [0.5, 0.6) is 5.75 Å². The van der Waals surface area contributed by atoms with Crippen LogP contribution in [0.3, 0.4) is 0 Å². The molecule has 2 aromatic carbocycles. The minimum atomic E-state index is -0.731. The fourth-order valence-corrected chi connectivity index (χ4v) is 2.88. The molecule has 3 rings (SSSR count). The zero-order valence-corrected chi connectivity index (χ0v) is 15.6. The van der Waals surface area contributed by atoms with Gasteiger partial charge in [0.05, 0.1) is 25.5 Å². The maximum Gasteiger partial charge on any atom is 0.343 e. The second kappa shape index (κ2) is 7.87. The van der Waals surface area contributed by atoms with Gasteiger partial charge in [-0.1, -0.05) is 36.4 Å². The first-order chi connectivity index (χ1) is 13.5. The first-order valence-electron chi connectivity index (χ1n) is 8.41. The first-order valence-corrected chi connectivity index (χ1v) is 8.41. The van der Waals surface area contributed by atoms with Gasteiger partial charge in [-0.25, -0.2) is 9.79 Å². The Morgan fingerprint density at radius 2 is 1.64 bits per heavy atom. The summed E-state index contributed by atoms with van der Waals surface area (Å²) in [5.74, 6) is -0.960. The van der Waals surface area contributed by atoms with Crippen molar-refractivity contribution in [2.24, 2.45) is 9.98 Å². The van der Waals surface area contributed by atoms with E-state index in [1.807, 2.05) is 0 Å². The number of amides is 1. The fourth-order valence-electron chi connectivity index (χ4n) is 2.88. The number of aliphatic hydroxyl groups is 1. The highest BCUT2D eigenvalue weighted by atomic mass is 16.5. The predicted octanol–water partition coefficient (Wildman–Crippen LogP) is 3.09. The number of aliphatic imine (C=N–C) groups is 2. The third-order valence-corrected chi connectivity index (χ3v) is 4.17. The third-order valence-electron chi connectivity index (χ3n) is 4.17. The Labute approximate surface area is 161 Å². The van der Waals surface area contributed by atoms with Crippen LogP contribution >= 0.6 is 0 Å². The Morgan fingerprint density at radius 1 is 1.00 bits per heavy atom. The van der Waals surface area contributed by atoms with Crippen molar-refractivity contribution >= 4 is 23.4 Å². The summed E-state index contributed by atoms with van der Waals surface area (Å²) in [7, 11) is 2.69. The van der Waals surface area contributed by atoms with Crippen molar-refractivity contribution in [3.05, 3.63) is 76.6 Å². The molecule has 0 saturated carbocycles. The molecule has 0 aliphatic carbocycles. The number of rotatable bonds is 4. The van der Waals surface area contributed by atoms with E-state index < -0.39 is 11.9 Å². The van der Waals surface area contributed by atoms with E-state index in [-0.39, 0.29) is 22.9 Å². The quantitative estimate of drug-likeness (QED) is 0.501. The molecule has 7 heteroatoms. The van der Waals surface area contributed by atoms with Gasteiger partial charge in [-0.15, -0.1) is 0 Å². The predicted molar refractivity (Wildman–Crippen MR) is 104 cm³/mol. The molecule has 0 bridgehead atoms. The molecule has 0 radical (unpaired) electrons. The molecule has 2 aromatic rings. The van der Waals surface area contributed by atoms with Gasteiger partial charge < -0.3 is 14.6 Å². The molecule has 1 amide bonds. The smallest absolute Gasteiger partial charge is 0.343 e. The van der Waals surface area contributed by atoms with Crippen LogP contribution in [0.25, 0.3) is 0 Å². The number of carbonyl (C=O) groups is 2. The molecule has 1 aliphatic heterocycles. The van der Waals surface area contributed by atoms with Crippen molar-refractivity contribution in [2.75, 3.05) is 14.2 Å². The van der Waals surface area contributed by atoms with Crippen molar-refractivity contribution in [1.82, 2.24) is 0 Å². The van der Waals surface area contributed by atoms with E-state index >= 15 is 0 Å². The summed E-state index contributed by atoms with van der Waals surface area (Å²) in [6.45, 7) is 1.37. The molecule has 1 heterocycles. The van der Waals surface area contributed by atoms with Gasteiger partial charge in [0.1, 0.15) is 17.1 Å². The number of benzene rings is 2. The lowest BCUT2D eigenvalue weighted by atomic mass is 9.99. The van der Waals surface area contributed by atoms with Crippen LogP contribution in [0.1, 0.15) is 28.4 Å². The summed E-state index contributed by atoms with van der Waals surface area (Å²) in [5.41, 5.74) is 1.56. The van der Waals surface area contributed by atoms with E-state index in [0.29, 0.717) is 22.4 Å². The molecular weight excluding hydrogens is 360 g/mol. The number of fused-ring (bicyclic) bond motifs is 1. The van der Waals surface area contributed by atoms with Gasteiger partial charge in [0.2, 0.25) is 0 Å². The number of ether oxygens (including phenoxy) is 2. The van der Waals surface area contributed by atoms with E-state index in [0.717, 1.165) is 0 Å². The van der Waals surface area contributed by atoms with Crippen LogP contribution in [-0.4, -0.2) is 42.7 Å². The lowest BCUT2D eigenvalue weighted by Gasteiger charge is -2.07. The highest BCUT2D eigenvalue weighted by molar-refractivity contribution is 6.36. The number of amidine groups is 1. The van der Waals surface area contributed by atoms with E-state index in [1.165, 1.54) is 21.1 Å². The number of carbonyl (C=O) groups excluding carboxylic acids is 2. The van der Waals surface area contributed by atoms with Crippen molar-refractivity contribution in [3.8, 4) is 5.75 Å². The average molecular weight is 378 g/mol. The molecule has 0 spiro atoms. The first kappa shape index (κ1) is 19.0. The molecule has 28 heavy (non-hydrogen) atoms. The summed E-state index contributed by atoms with van der Waals surface area (Å²) in [6, 6.07) is 13.7. The van der Waals surface area contributed by atoms with E-state index in [4.69, 9.17) is 9.47 Å². The second-order valence-corrected chi connectivity index (χ2v) is 5.90.